The molecule has 216 valence electrons. The molecule has 2 aromatic carbocycles. The van der Waals surface area contributed by atoms with Gasteiger partial charge in [-0.3, -0.25) is 14.4 Å². The Morgan fingerprint density at radius 2 is 1.60 bits per heavy atom. The second-order valence-electron chi connectivity index (χ2n) is 9.31. The van der Waals surface area contributed by atoms with Crippen LogP contribution in [-0.2, 0) is 44.6 Å². The summed E-state index contributed by atoms with van der Waals surface area (Å²) in [5, 5.41) is 22.2. The first kappa shape index (κ1) is 32.3. The SMILES string of the molecule is COC(=O)C[C@H](C(=O)OCOC(=O)[C@H](O)C[C@@H](Cc1ccc(-c2cccc(Cl)c2)cc1)NC(=O)C(=O)O)C(C)C. The quantitative estimate of drug-likeness (QED) is 0.183. The molecule has 0 fully saturated rings. The van der Waals surface area contributed by atoms with Gasteiger partial charge < -0.3 is 29.7 Å². The fraction of sp³-hybridized carbons (Fsp3) is 0.393. The van der Waals surface area contributed by atoms with E-state index in [1.54, 1.807) is 38.1 Å². The van der Waals surface area contributed by atoms with Crippen LogP contribution in [0.5, 0.6) is 0 Å². The van der Waals surface area contributed by atoms with Gasteiger partial charge in [0.05, 0.1) is 19.4 Å². The monoisotopic (exact) mass is 577 g/mol. The molecule has 0 aliphatic carbocycles. The van der Waals surface area contributed by atoms with Crippen molar-refractivity contribution < 1.29 is 48.4 Å². The molecule has 0 radical (unpaired) electrons. The zero-order chi connectivity index (χ0) is 29.8. The minimum atomic E-state index is -1.76. The number of carboxylic acids is 1. The topological polar surface area (TPSA) is 166 Å². The van der Waals surface area contributed by atoms with Crippen molar-refractivity contribution in [3.63, 3.8) is 0 Å². The number of carbonyl (C=O) groups excluding carboxylic acids is 4. The summed E-state index contributed by atoms with van der Waals surface area (Å²) in [5.41, 5.74) is 2.46. The molecule has 3 atom stereocenters. The Morgan fingerprint density at radius 1 is 0.950 bits per heavy atom. The Kier molecular flexibility index (Phi) is 12.6. The van der Waals surface area contributed by atoms with E-state index >= 15 is 0 Å². The van der Waals surface area contributed by atoms with E-state index in [0.29, 0.717) is 10.6 Å². The Balaban J connectivity index is 2.00. The van der Waals surface area contributed by atoms with Crippen molar-refractivity contribution in [2.24, 2.45) is 11.8 Å². The third-order valence-electron chi connectivity index (χ3n) is 6.03. The predicted octanol–water partition coefficient (Wildman–Crippen LogP) is 2.75. The van der Waals surface area contributed by atoms with E-state index in [2.05, 4.69) is 10.1 Å². The predicted molar refractivity (Wildman–Crippen MR) is 143 cm³/mol. The lowest BCUT2D eigenvalue weighted by molar-refractivity contribution is -0.178. The van der Waals surface area contributed by atoms with Crippen LogP contribution in [0.4, 0.5) is 0 Å². The van der Waals surface area contributed by atoms with E-state index in [1.165, 1.54) is 7.11 Å². The van der Waals surface area contributed by atoms with Crippen LogP contribution in [0.3, 0.4) is 0 Å². The van der Waals surface area contributed by atoms with Crippen LogP contribution >= 0.6 is 11.6 Å². The number of methoxy groups -OCH3 is 1. The summed E-state index contributed by atoms with van der Waals surface area (Å²) in [6.45, 7) is 2.61. The molecule has 0 unspecified atom stereocenters. The molecule has 3 N–H and O–H groups in total. The number of esters is 3. The summed E-state index contributed by atoms with van der Waals surface area (Å²) in [7, 11) is 1.19. The molecule has 0 aromatic heterocycles. The van der Waals surface area contributed by atoms with Crippen molar-refractivity contribution in [1.82, 2.24) is 5.32 Å². The number of halogens is 1. The third-order valence-corrected chi connectivity index (χ3v) is 6.26. The maximum atomic E-state index is 12.3. The van der Waals surface area contributed by atoms with Gasteiger partial charge in [0.25, 0.3) is 0 Å². The van der Waals surface area contributed by atoms with Crippen LogP contribution in [0.25, 0.3) is 11.1 Å². The second-order valence-corrected chi connectivity index (χ2v) is 9.75. The van der Waals surface area contributed by atoms with Gasteiger partial charge in [-0.15, -0.1) is 0 Å². The van der Waals surface area contributed by atoms with Crippen molar-refractivity contribution in [2.45, 2.75) is 45.3 Å². The van der Waals surface area contributed by atoms with Gasteiger partial charge in [0.1, 0.15) is 0 Å². The lowest BCUT2D eigenvalue weighted by Gasteiger charge is -2.21. The molecule has 2 aromatic rings. The average Bonchev–Trinajstić information content (AvgIpc) is 2.91. The van der Waals surface area contributed by atoms with Crippen molar-refractivity contribution in [3.05, 3.63) is 59.1 Å². The van der Waals surface area contributed by atoms with Crippen LogP contribution < -0.4 is 5.32 Å². The van der Waals surface area contributed by atoms with Gasteiger partial charge in [0.2, 0.25) is 6.79 Å². The summed E-state index contributed by atoms with van der Waals surface area (Å²) < 4.78 is 14.3. The number of carbonyl (C=O) groups is 5. The van der Waals surface area contributed by atoms with Gasteiger partial charge in [0, 0.05) is 17.5 Å². The van der Waals surface area contributed by atoms with Gasteiger partial charge in [-0.25, -0.2) is 9.59 Å². The van der Waals surface area contributed by atoms with Crippen molar-refractivity contribution >= 4 is 41.4 Å². The number of aliphatic carboxylic acids is 1. The molecule has 0 aliphatic heterocycles. The Hall–Kier alpha value is -3.96. The highest BCUT2D eigenvalue weighted by Crippen LogP contribution is 2.24. The normalized spacial score (nSPS) is 13.1. The van der Waals surface area contributed by atoms with Crippen LogP contribution in [0.2, 0.25) is 5.02 Å². The lowest BCUT2D eigenvalue weighted by Crippen LogP contribution is -2.43. The van der Waals surface area contributed by atoms with E-state index in [4.69, 9.17) is 26.2 Å². The zero-order valence-electron chi connectivity index (χ0n) is 22.3. The number of rotatable bonds is 13. The first-order chi connectivity index (χ1) is 18.9. The summed E-state index contributed by atoms with van der Waals surface area (Å²) >= 11 is 6.05. The smallest absolute Gasteiger partial charge is 0.394 e. The minimum Gasteiger partial charge on any atom is -0.474 e. The van der Waals surface area contributed by atoms with E-state index in [0.717, 1.165) is 11.1 Å². The van der Waals surface area contributed by atoms with Gasteiger partial charge >= 0.3 is 29.8 Å². The fourth-order valence-corrected chi connectivity index (χ4v) is 3.99. The Morgan fingerprint density at radius 3 is 2.17 bits per heavy atom. The van der Waals surface area contributed by atoms with Crippen LogP contribution in [0, 0.1) is 11.8 Å². The first-order valence-electron chi connectivity index (χ1n) is 12.4. The number of ether oxygens (including phenoxy) is 3. The fourth-order valence-electron chi connectivity index (χ4n) is 3.79. The highest BCUT2D eigenvalue weighted by molar-refractivity contribution is 6.31. The molecular formula is C28H32ClNO10. The van der Waals surface area contributed by atoms with Crippen LogP contribution in [0.15, 0.2) is 48.5 Å². The standard InChI is InChI=1S/C28H32ClNO10/c1-16(2)22(14-24(32)38-3)27(36)39-15-40-28(37)23(31)13-21(30-25(33)26(34)35)11-17-7-9-18(10-8-17)19-5-4-6-20(29)12-19/h4-10,12,16,21-23,31H,11,13-15H2,1-3H3,(H,30,33)(H,34,35)/t21-,22+,23-/m1/s1. The zero-order valence-corrected chi connectivity index (χ0v) is 23.1. The van der Waals surface area contributed by atoms with Gasteiger partial charge in [-0.05, 0) is 41.2 Å². The molecule has 2 rings (SSSR count). The number of aliphatic hydroxyl groups excluding tert-OH is 1. The number of benzene rings is 2. The lowest BCUT2D eigenvalue weighted by atomic mass is 9.93. The largest absolute Gasteiger partial charge is 0.474 e. The molecule has 40 heavy (non-hydrogen) atoms. The third kappa shape index (κ3) is 10.3. The van der Waals surface area contributed by atoms with Crippen molar-refractivity contribution in [1.29, 1.82) is 0 Å². The van der Waals surface area contributed by atoms with Crippen molar-refractivity contribution in [2.75, 3.05) is 13.9 Å². The molecular weight excluding hydrogens is 546 g/mol. The van der Waals surface area contributed by atoms with Crippen LogP contribution in [0.1, 0.15) is 32.3 Å². The molecule has 0 saturated carbocycles. The van der Waals surface area contributed by atoms with Gasteiger partial charge in [0.15, 0.2) is 6.10 Å². The average molecular weight is 578 g/mol. The summed E-state index contributed by atoms with van der Waals surface area (Å²) in [6, 6.07) is 13.5. The number of amides is 1. The van der Waals surface area contributed by atoms with Crippen molar-refractivity contribution in [3.8, 4) is 11.1 Å². The molecule has 0 aliphatic rings. The summed E-state index contributed by atoms with van der Waals surface area (Å²) in [4.78, 5) is 59.0. The summed E-state index contributed by atoms with van der Waals surface area (Å²) in [5.74, 6) is -6.64. The molecule has 1 amide bonds. The van der Waals surface area contributed by atoms with E-state index in [-0.39, 0.29) is 25.2 Å². The van der Waals surface area contributed by atoms with Gasteiger partial charge in [-0.2, -0.15) is 0 Å². The summed E-state index contributed by atoms with van der Waals surface area (Å²) in [6.07, 6.45) is -2.26. The second kappa shape index (κ2) is 15.6. The molecule has 0 saturated heterocycles. The minimum absolute atomic E-state index is 0.0950. The first-order valence-corrected chi connectivity index (χ1v) is 12.8. The molecule has 0 bridgehead atoms. The maximum absolute atomic E-state index is 12.3. The highest BCUT2D eigenvalue weighted by Gasteiger charge is 2.29. The Labute approximate surface area is 236 Å². The molecule has 11 nitrogen and oxygen atoms in total. The number of nitrogens with one attached hydrogen (secondary N) is 1. The highest BCUT2D eigenvalue weighted by atomic mass is 35.5. The number of hydrogen-bond donors (Lipinski definition) is 3. The Bertz CT molecular complexity index is 1200. The van der Waals surface area contributed by atoms with E-state index in [9.17, 15) is 29.1 Å². The van der Waals surface area contributed by atoms with E-state index < -0.39 is 54.6 Å². The van der Waals surface area contributed by atoms with E-state index in [1.807, 2.05) is 24.3 Å². The molecule has 0 spiro atoms. The number of carboxylic acid groups (broad SMARTS) is 1. The number of aliphatic hydroxyl groups is 1. The van der Waals surface area contributed by atoms with Crippen LogP contribution in [-0.4, -0.2) is 66.0 Å². The molecule has 12 heteroatoms. The van der Waals surface area contributed by atoms with Gasteiger partial charge in [-0.1, -0.05) is 61.8 Å². The molecule has 0 heterocycles. The maximum Gasteiger partial charge on any atom is 0.394 e. The number of hydrogen-bond acceptors (Lipinski definition) is 9.